The number of hydrogen-bond acceptors (Lipinski definition) is 1. The Morgan fingerprint density at radius 2 is 1.65 bits per heavy atom. The Hall–Kier alpha value is -0.820. The monoisotopic (exact) mass is 231 g/mol. The van der Waals surface area contributed by atoms with Gasteiger partial charge in [0.15, 0.2) is 0 Å². The number of nitrogens with zero attached hydrogens (tertiary/aromatic N) is 1. The summed E-state index contributed by atoms with van der Waals surface area (Å²) in [6.45, 7) is 11.7. The van der Waals surface area contributed by atoms with Crippen molar-refractivity contribution in [2.24, 2.45) is 0 Å². The van der Waals surface area contributed by atoms with Crippen LogP contribution in [0.3, 0.4) is 0 Å². The zero-order valence-corrected chi connectivity index (χ0v) is 11.7. The second-order valence-electron chi connectivity index (χ2n) is 6.29. The van der Waals surface area contributed by atoms with Crippen LogP contribution < -0.4 is 0 Å². The van der Waals surface area contributed by atoms with Crippen LogP contribution in [0.4, 0.5) is 0 Å². The van der Waals surface area contributed by atoms with Gasteiger partial charge in [-0.1, -0.05) is 24.3 Å². The molecule has 94 valence electrons. The Morgan fingerprint density at radius 1 is 1.06 bits per heavy atom. The Bertz CT molecular complexity index is 367. The molecule has 1 aliphatic heterocycles. The van der Waals surface area contributed by atoms with Gasteiger partial charge in [0.25, 0.3) is 0 Å². The first-order chi connectivity index (χ1) is 7.98. The predicted molar refractivity (Wildman–Crippen MR) is 74.5 cm³/mol. The summed E-state index contributed by atoms with van der Waals surface area (Å²) in [5.74, 6) is 0.773. The van der Waals surface area contributed by atoms with Gasteiger partial charge in [0.05, 0.1) is 0 Å². The average molecular weight is 231 g/mol. The molecule has 0 N–H and O–H groups in total. The first-order valence-electron chi connectivity index (χ1n) is 6.79. The summed E-state index contributed by atoms with van der Waals surface area (Å²) >= 11 is 0. The minimum absolute atomic E-state index is 0.330. The van der Waals surface area contributed by atoms with E-state index in [1.165, 1.54) is 31.5 Å². The standard InChI is InChI=1S/C16H25N/c1-13-7-5-6-8-15(13)14-9-11-17(12-10-14)16(2,3)4/h5-8,14H,9-12H2,1-4H3. The molecule has 1 heterocycles. The van der Waals surface area contributed by atoms with E-state index in [1.54, 1.807) is 5.56 Å². The van der Waals surface area contributed by atoms with Gasteiger partial charge in [-0.3, -0.25) is 4.90 Å². The molecule has 0 spiro atoms. The third-order valence-electron chi connectivity index (χ3n) is 4.07. The molecule has 0 aliphatic carbocycles. The second-order valence-corrected chi connectivity index (χ2v) is 6.29. The highest BCUT2D eigenvalue weighted by Crippen LogP contribution is 2.32. The van der Waals surface area contributed by atoms with Gasteiger partial charge in [-0.15, -0.1) is 0 Å². The van der Waals surface area contributed by atoms with Crippen LogP contribution in [0.1, 0.15) is 50.7 Å². The van der Waals surface area contributed by atoms with Gasteiger partial charge in [0.1, 0.15) is 0 Å². The molecule has 0 unspecified atom stereocenters. The molecule has 0 bridgehead atoms. The Kier molecular flexibility index (Phi) is 3.58. The van der Waals surface area contributed by atoms with Crippen LogP contribution >= 0.6 is 0 Å². The van der Waals surface area contributed by atoms with E-state index in [1.807, 2.05) is 0 Å². The highest BCUT2D eigenvalue weighted by Gasteiger charge is 2.27. The summed E-state index contributed by atoms with van der Waals surface area (Å²) in [7, 11) is 0. The van der Waals surface area contributed by atoms with Gasteiger partial charge in [-0.05, 0) is 70.7 Å². The van der Waals surface area contributed by atoms with Crippen molar-refractivity contribution in [3.05, 3.63) is 35.4 Å². The van der Waals surface area contributed by atoms with Crippen molar-refractivity contribution in [1.29, 1.82) is 0 Å². The smallest absolute Gasteiger partial charge is 0.0125 e. The highest BCUT2D eigenvalue weighted by molar-refractivity contribution is 5.29. The van der Waals surface area contributed by atoms with Crippen molar-refractivity contribution in [1.82, 2.24) is 4.90 Å². The molecule has 1 heteroatoms. The zero-order chi connectivity index (χ0) is 12.5. The van der Waals surface area contributed by atoms with Gasteiger partial charge < -0.3 is 0 Å². The SMILES string of the molecule is Cc1ccccc1C1CCN(C(C)(C)C)CC1. The fourth-order valence-electron chi connectivity index (χ4n) is 2.91. The van der Waals surface area contributed by atoms with Crippen molar-refractivity contribution < 1.29 is 0 Å². The Balaban J connectivity index is 2.03. The summed E-state index contributed by atoms with van der Waals surface area (Å²) in [5.41, 5.74) is 3.36. The van der Waals surface area contributed by atoms with Crippen molar-refractivity contribution in [3.63, 3.8) is 0 Å². The molecular weight excluding hydrogens is 206 g/mol. The number of likely N-dealkylation sites (tertiary alicyclic amines) is 1. The maximum Gasteiger partial charge on any atom is 0.0125 e. The van der Waals surface area contributed by atoms with Crippen LogP contribution in [-0.2, 0) is 0 Å². The van der Waals surface area contributed by atoms with Gasteiger partial charge in [-0.25, -0.2) is 0 Å². The van der Waals surface area contributed by atoms with E-state index in [0.717, 1.165) is 5.92 Å². The molecule has 1 aromatic rings. The van der Waals surface area contributed by atoms with Gasteiger partial charge >= 0.3 is 0 Å². The van der Waals surface area contributed by atoms with E-state index in [2.05, 4.69) is 56.9 Å². The molecule has 1 aliphatic rings. The zero-order valence-electron chi connectivity index (χ0n) is 11.7. The maximum atomic E-state index is 2.61. The average Bonchev–Trinajstić information content (AvgIpc) is 2.29. The molecule has 0 radical (unpaired) electrons. The maximum absolute atomic E-state index is 2.61. The molecular formula is C16H25N. The number of benzene rings is 1. The first-order valence-corrected chi connectivity index (χ1v) is 6.79. The quantitative estimate of drug-likeness (QED) is 0.707. The molecule has 0 aromatic heterocycles. The lowest BCUT2D eigenvalue weighted by atomic mass is 9.85. The number of aryl methyl sites for hydroxylation is 1. The molecule has 2 rings (SSSR count). The third-order valence-corrected chi connectivity index (χ3v) is 4.07. The molecule has 17 heavy (non-hydrogen) atoms. The fourth-order valence-corrected chi connectivity index (χ4v) is 2.91. The second kappa shape index (κ2) is 4.81. The van der Waals surface area contributed by atoms with Crippen LogP contribution in [0.15, 0.2) is 24.3 Å². The third kappa shape index (κ3) is 2.90. The fraction of sp³-hybridized carbons (Fsp3) is 0.625. The number of piperidine rings is 1. The molecule has 1 saturated heterocycles. The van der Waals surface area contributed by atoms with Gasteiger partial charge in [0.2, 0.25) is 0 Å². The summed E-state index contributed by atoms with van der Waals surface area (Å²) in [6.07, 6.45) is 2.62. The van der Waals surface area contributed by atoms with Gasteiger partial charge in [0, 0.05) is 5.54 Å². The highest BCUT2D eigenvalue weighted by atomic mass is 15.2. The first kappa shape index (κ1) is 12.6. The summed E-state index contributed by atoms with van der Waals surface area (Å²) in [4.78, 5) is 2.61. The lowest BCUT2D eigenvalue weighted by Gasteiger charge is -2.41. The van der Waals surface area contributed by atoms with Gasteiger partial charge in [-0.2, -0.15) is 0 Å². The molecule has 0 atom stereocenters. The van der Waals surface area contributed by atoms with Crippen LogP contribution in [0.25, 0.3) is 0 Å². The molecule has 1 aromatic carbocycles. The minimum Gasteiger partial charge on any atom is -0.298 e. The van der Waals surface area contributed by atoms with E-state index < -0.39 is 0 Å². The van der Waals surface area contributed by atoms with E-state index in [0.29, 0.717) is 5.54 Å². The van der Waals surface area contributed by atoms with Crippen molar-refractivity contribution in [2.75, 3.05) is 13.1 Å². The predicted octanol–water partition coefficient (Wildman–Crippen LogP) is 3.97. The molecule has 1 nitrogen and oxygen atoms in total. The molecule has 0 amide bonds. The molecule has 1 fully saturated rings. The Labute approximate surface area is 106 Å². The van der Waals surface area contributed by atoms with E-state index in [4.69, 9.17) is 0 Å². The largest absolute Gasteiger partial charge is 0.298 e. The van der Waals surface area contributed by atoms with E-state index >= 15 is 0 Å². The topological polar surface area (TPSA) is 3.24 Å². The summed E-state index contributed by atoms with van der Waals surface area (Å²) in [5, 5.41) is 0. The van der Waals surface area contributed by atoms with Crippen molar-refractivity contribution >= 4 is 0 Å². The van der Waals surface area contributed by atoms with E-state index in [-0.39, 0.29) is 0 Å². The van der Waals surface area contributed by atoms with Crippen molar-refractivity contribution in [2.45, 2.75) is 52.0 Å². The van der Waals surface area contributed by atoms with Crippen molar-refractivity contribution in [3.8, 4) is 0 Å². The number of rotatable bonds is 1. The number of hydrogen-bond donors (Lipinski definition) is 0. The summed E-state index contributed by atoms with van der Waals surface area (Å²) < 4.78 is 0. The lowest BCUT2D eigenvalue weighted by molar-refractivity contribution is 0.102. The van der Waals surface area contributed by atoms with E-state index in [9.17, 15) is 0 Å². The minimum atomic E-state index is 0.330. The Morgan fingerprint density at radius 3 is 2.18 bits per heavy atom. The van der Waals surface area contributed by atoms with Crippen LogP contribution in [0.5, 0.6) is 0 Å². The molecule has 0 saturated carbocycles. The lowest BCUT2D eigenvalue weighted by Crippen LogP contribution is -2.45. The van der Waals surface area contributed by atoms with Crippen LogP contribution in [-0.4, -0.2) is 23.5 Å². The van der Waals surface area contributed by atoms with Crippen LogP contribution in [0.2, 0.25) is 0 Å². The van der Waals surface area contributed by atoms with Crippen LogP contribution in [0, 0.1) is 6.92 Å². The summed E-state index contributed by atoms with van der Waals surface area (Å²) in [6, 6.07) is 8.87. The normalized spacial score (nSPS) is 19.5.